The Kier molecular flexibility index (Phi) is 4.92. The molecule has 0 bridgehead atoms. The minimum absolute atomic E-state index is 0.135. The van der Waals surface area contributed by atoms with E-state index in [-0.39, 0.29) is 23.5 Å². The fourth-order valence-corrected chi connectivity index (χ4v) is 3.49. The molecular formula is C21H20F2N4O. The molecule has 2 N–H and O–H groups in total. The zero-order valence-electron chi connectivity index (χ0n) is 15.4. The predicted octanol–water partition coefficient (Wildman–Crippen LogP) is 4.04. The summed E-state index contributed by atoms with van der Waals surface area (Å²) in [4.78, 5) is 14.5. The van der Waals surface area contributed by atoms with Gasteiger partial charge in [-0.25, -0.2) is 8.78 Å². The SMILES string of the molecule is CN1CCC[C@H]1C(=O)Nc1cc2c(/C=C/c3ccc(F)cc3)n[nH]c2cc1F. The Labute approximate surface area is 161 Å². The third-order valence-corrected chi connectivity index (χ3v) is 5.06. The van der Waals surface area contributed by atoms with Gasteiger partial charge >= 0.3 is 0 Å². The average molecular weight is 382 g/mol. The quantitative estimate of drug-likeness (QED) is 0.716. The van der Waals surface area contributed by atoms with Crippen molar-refractivity contribution in [3.05, 3.63) is 59.3 Å². The van der Waals surface area contributed by atoms with Crippen LogP contribution in [0, 0.1) is 11.6 Å². The topological polar surface area (TPSA) is 61.0 Å². The molecule has 5 nitrogen and oxygen atoms in total. The van der Waals surface area contributed by atoms with Crippen LogP contribution in [0.3, 0.4) is 0 Å². The normalized spacial score (nSPS) is 17.6. The molecule has 1 saturated heterocycles. The summed E-state index contributed by atoms with van der Waals surface area (Å²) >= 11 is 0. The van der Waals surface area contributed by atoms with Gasteiger partial charge in [0, 0.05) is 11.5 Å². The standard InChI is InChI=1S/C21H20F2N4O/c1-27-10-2-3-20(27)21(28)24-19-11-15-17(25-26-18(15)12-16(19)23)9-6-13-4-7-14(22)8-5-13/h4-9,11-12,20H,2-3,10H2,1H3,(H,24,28)(H,25,26)/b9-6+/t20-/m0/s1. The first-order valence-corrected chi connectivity index (χ1v) is 9.13. The molecule has 4 rings (SSSR count). The molecule has 1 aliphatic heterocycles. The number of benzene rings is 2. The van der Waals surface area contributed by atoms with E-state index in [0.717, 1.165) is 24.9 Å². The van der Waals surface area contributed by atoms with Crippen LogP contribution >= 0.6 is 0 Å². The molecule has 1 aliphatic rings. The lowest BCUT2D eigenvalue weighted by Crippen LogP contribution is -2.37. The number of aromatic amines is 1. The van der Waals surface area contributed by atoms with Crippen molar-refractivity contribution in [1.29, 1.82) is 0 Å². The van der Waals surface area contributed by atoms with Gasteiger partial charge in [0.1, 0.15) is 11.6 Å². The number of rotatable bonds is 4. The summed E-state index contributed by atoms with van der Waals surface area (Å²) in [5.41, 5.74) is 2.09. The molecule has 1 atom stereocenters. The van der Waals surface area contributed by atoms with E-state index in [1.54, 1.807) is 30.4 Å². The molecular weight excluding hydrogens is 362 g/mol. The lowest BCUT2D eigenvalue weighted by Gasteiger charge is -2.18. The van der Waals surface area contributed by atoms with Gasteiger partial charge < -0.3 is 5.32 Å². The highest BCUT2D eigenvalue weighted by Gasteiger charge is 2.28. The van der Waals surface area contributed by atoms with Crippen molar-refractivity contribution < 1.29 is 13.6 Å². The number of amides is 1. The highest BCUT2D eigenvalue weighted by Crippen LogP contribution is 2.26. The third kappa shape index (κ3) is 3.66. The first kappa shape index (κ1) is 18.3. The van der Waals surface area contributed by atoms with Gasteiger partial charge in [0.15, 0.2) is 0 Å². The van der Waals surface area contributed by atoms with Gasteiger partial charge in [-0.05, 0) is 56.3 Å². The van der Waals surface area contributed by atoms with E-state index in [1.165, 1.54) is 18.2 Å². The van der Waals surface area contributed by atoms with E-state index in [1.807, 2.05) is 11.9 Å². The van der Waals surface area contributed by atoms with Crippen LogP contribution in [-0.2, 0) is 4.79 Å². The van der Waals surface area contributed by atoms with Crippen molar-refractivity contribution in [3.8, 4) is 0 Å². The molecule has 1 amide bonds. The van der Waals surface area contributed by atoms with E-state index in [9.17, 15) is 13.6 Å². The molecule has 144 valence electrons. The van der Waals surface area contributed by atoms with Gasteiger partial charge in [-0.2, -0.15) is 5.10 Å². The summed E-state index contributed by atoms with van der Waals surface area (Å²) in [5.74, 6) is -1.02. The van der Waals surface area contributed by atoms with Gasteiger partial charge in [-0.1, -0.05) is 18.2 Å². The molecule has 3 aromatic rings. The molecule has 0 unspecified atom stereocenters. The van der Waals surface area contributed by atoms with E-state index in [0.29, 0.717) is 16.6 Å². The second kappa shape index (κ2) is 7.52. The summed E-state index contributed by atoms with van der Waals surface area (Å²) in [7, 11) is 1.89. The number of aromatic nitrogens is 2. The molecule has 2 aromatic carbocycles. The number of anilines is 1. The first-order valence-electron chi connectivity index (χ1n) is 9.13. The molecule has 0 saturated carbocycles. The van der Waals surface area contributed by atoms with Crippen LogP contribution < -0.4 is 5.32 Å². The number of likely N-dealkylation sites (tertiary alicyclic amines) is 1. The van der Waals surface area contributed by atoms with E-state index < -0.39 is 5.82 Å². The number of nitrogens with zero attached hydrogens (tertiary/aromatic N) is 2. The van der Waals surface area contributed by atoms with Crippen LogP contribution in [0.5, 0.6) is 0 Å². The monoisotopic (exact) mass is 382 g/mol. The van der Waals surface area contributed by atoms with Gasteiger partial charge in [0.2, 0.25) is 5.91 Å². The van der Waals surface area contributed by atoms with E-state index in [2.05, 4.69) is 15.5 Å². The zero-order chi connectivity index (χ0) is 19.7. The minimum atomic E-state index is -0.515. The molecule has 1 aromatic heterocycles. The van der Waals surface area contributed by atoms with Gasteiger partial charge in [-0.3, -0.25) is 14.8 Å². The number of carbonyl (C=O) groups is 1. The molecule has 1 fully saturated rings. The second-order valence-corrected chi connectivity index (χ2v) is 7.00. The Morgan fingerprint density at radius 1 is 1.25 bits per heavy atom. The summed E-state index contributed by atoms with van der Waals surface area (Å²) in [6.07, 6.45) is 5.28. The van der Waals surface area contributed by atoms with Gasteiger partial charge in [0.05, 0.1) is 22.9 Å². The van der Waals surface area contributed by atoms with Crippen LogP contribution in [0.4, 0.5) is 14.5 Å². The third-order valence-electron chi connectivity index (χ3n) is 5.06. The molecule has 28 heavy (non-hydrogen) atoms. The molecule has 0 spiro atoms. The number of hydrogen-bond donors (Lipinski definition) is 2. The molecule has 2 heterocycles. The highest BCUT2D eigenvalue weighted by atomic mass is 19.1. The van der Waals surface area contributed by atoms with Crippen LogP contribution in [0.1, 0.15) is 24.1 Å². The molecule has 7 heteroatoms. The van der Waals surface area contributed by atoms with Crippen LogP contribution in [0.15, 0.2) is 36.4 Å². The maximum absolute atomic E-state index is 14.4. The predicted molar refractivity (Wildman–Crippen MR) is 106 cm³/mol. The number of likely N-dealkylation sites (N-methyl/N-ethyl adjacent to an activating group) is 1. The Morgan fingerprint density at radius 3 is 2.75 bits per heavy atom. The number of H-pyrrole nitrogens is 1. The number of carbonyl (C=O) groups excluding carboxylic acids is 1. The Bertz CT molecular complexity index is 1040. The summed E-state index contributed by atoms with van der Waals surface area (Å²) in [6.45, 7) is 0.861. The smallest absolute Gasteiger partial charge is 0.241 e. The number of hydrogen-bond acceptors (Lipinski definition) is 3. The van der Waals surface area contributed by atoms with Crippen molar-refractivity contribution in [3.63, 3.8) is 0 Å². The number of fused-ring (bicyclic) bond motifs is 1. The fourth-order valence-electron chi connectivity index (χ4n) is 3.49. The second-order valence-electron chi connectivity index (χ2n) is 7.00. The van der Waals surface area contributed by atoms with Crippen molar-refractivity contribution >= 4 is 34.6 Å². The largest absolute Gasteiger partial charge is 0.322 e. The lowest BCUT2D eigenvalue weighted by molar-refractivity contribution is -0.119. The van der Waals surface area contributed by atoms with Crippen LogP contribution in [-0.4, -0.2) is 40.6 Å². The summed E-state index contributed by atoms with van der Waals surface area (Å²) < 4.78 is 27.4. The van der Waals surface area contributed by atoms with Crippen LogP contribution in [0.2, 0.25) is 0 Å². The molecule has 0 radical (unpaired) electrons. The maximum atomic E-state index is 14.4. The Balaban J connectivity index is 1.60. The zero-order valence-corrected chi connectivity index (χ0v) is 15.4. The minimum Gasteiger partial charge on any atom is -0.322 e. The highest BCUT2D eigenvalue weighted by molar-refractivity contribution is 5.98. The Morgan fingerprint density at radius 2 is 2.04 bits per heavy atom. The lowest BCUT2D eigenvalue weighted by atomic mass is 10.1. The van der Waals surface area contributed by atoms with E-state index in [4.69, 9.17) is 0 Å². The first-order chi connectivity index (χ1) is 13.5. The van der Waals surface area contributed by atoms with Crippen molar-refractivity contribution in [2.24, 2.45) is 0 Å². The van der Waals surface area contributed by atoms with Gasteiger partial charge in [-0.15, -0.1) is 0 Å². The number of halogens is 2. The summed E-state index contributed by atoms with van der Waals surface area (Å²) in [6, 6.07) is 8.75. The van der Waals surface area contributed by atoms with Crippen molar-refractivity contribution in [2.75, 3.05) is 18.9 Å². The summed E-state index contributed by atoms with van der Waals surface area (Å²) in [5, 5.41) is 10.4. The van der Waals surface area contributed by atoms with E-state index >= 15 is 0 Å². The van der Waals surface area contributed by atoms with Crippen molar-refractivity contribution in [2.45, 2.75) is 18.9 Å². The maximum Gasteiger partial charge on any atom is 0.241 e. The van der Waals surface area contributed by atoms with Gasteiger partial charge in [0.25, 0.3) is 0 Å². The number of nitrogens with one attached hydrogen (secondary N) is 2. The fraction of sp³-hybridized carbons (Fsp3) is 0.238. The average Bonchev–Trinajstić information content (AvgIpc) is 3.27. The van der Waals surface area contributed by atoms with Crippen LogP contribution in [0.25, 0.3) is 23.1 Å². The molecule has 0 aliphatic carbocycles. The Hall–Kier alpha value is -3.06. The van der Waals surface area contributed by atoms with Crippen molar-refractivity contribution in [1.82, 2.24) is 15.1 Å².